The molecule has 3 rings (SSSR count). The Kier molecular flexibility index (Phi) is 4.38. The number of thiazole rings is 1. The van der Waals surface area contributed by atoms with Gasteiger partial charge >= 0.3 is 0 Å². The molecule has 1 aliphatic rings. The van der Waals surface area contributed by atoms with Gasteiger partial charge in [0.05, 0.1) is 10.6 Å². The average molecular weight is 317 g/mol. The number of benzene rings is 1. The van der Waals surface area contributed by atoms with Crippen LogP contribution in [-0.2, 0) is 0 Å². The number of rotatable bonds is 3. The van der Waals surface area contributed by atoms with Gasteiger partial charge in [0.2, 0.25) is 0 Å². The predicted octanol–water partition coefficient (Wildman–Crippen LogP) is 4.50. The molecule has 2 aromatic rings. The van der Waals surface area contributed by atoms with Gasteiger partial charge in [-0.05, 0) is 31.4 Å². The van der Waals surface area contributed by atoms with Gasteiger partial charge in [-0.1, -0.05) is 19.3 Å². The van der Waals surface area contributed by atoms with Crippen LogP contribution in [0.1, 0.15) is 43.7 Å². The third-order valence-electron chi connectivity index (χ3n) is 4.19. The van der Waals surface area contributed by atoms with Gasteiger partial charge in [0.15, 0.2) is 4.80 Å². The molecule has 1 aromatic heterocycles. The Morgan fingerprint density at radius 1 is 1.32 bits per heavy atom. The van der Waals surface area contributed by atoms with Crippen LogP contribution in [0.15, 0.2) is 34.8 Å². The smallest absolute Gasteiger partial charge is 0.269 e. The molecule has 116 valence electrons. The van der Waals surface area contributed by atoms with Gasteiger partial charge in [0.25, 0.3) is 5.69 Å². The van der Waals surface area contributed by atoms with Crippen LogP contribution in [0.4, 0.5) is 11.4 Å². The number of nitrogens with zero attached hydrogens (tertiary/aromatic N) is 3. The lowest BCUT2D eigenvalue weighted by Gasteiger charge is -2.22. The zero-order valence-electron chi connectivity index (χ0n) is 12.6. The lowest BCUT2D eigenvalue weighted by Crippen LogP contribution is -2.21. The fourth-order valence-electron chi connectivity index (χ4n) is 2.98. The van der Waals surface area contributed by atoms with Crippen molar-refractivity contribution in [1.82, 2.24) is 4.57 Å². The standard InChI is InChI=1S/C16H19N3O2S/c1-12-11-14(19(20)21)7-8-15(12)17-16-18(9-10-22-16)13-5-3-2-4-6-13/h7-11,13H,2-6H2,1H3. The minimum Gasteiger partial charge on any atom is -0.321 e. The van der Waals surface area contributed by atoms with E-state index >= 15 is 0 Å². The van der Waals surface area contributed by atoms with Crippen molar-refractivity contribution in [3.63, 3.8) is 0 Å². The topological polar surface area (TPSA) is 60.4 Å². The number of hydrogen-bond donors (Lipinski definition) is 0. The van der Waals surface area contributed by atoms with Gasteiger partial charge < -0.3 is 4.57 Å². The Labute approximate surface area is 133 Å². The number of non-ortho nitro benzene ring substituents is 1. The van der Waals surface area contributed by atoms with Gasteiger partial charge in [0.1, 0.15) is 0 Å². The van der Waals surface area contributed by atoms with Crippen LogP contribution >= 0.6 is 11.3 Å². The van der Waals surface area contributed by atoms with Crippen molar-refractivity contribution in [2.75, 3.05) is 0 Å². The highest BCUT2D eigenvalue weighted by atomic mass is 32.1. The largest absolute Gasteiger partial charge is 0.321 e. The van der Waals surface area contributed by atoms with Crippen LogP contribution in [0.2, 0.25) is 0 Å². The molecule has 0 atom stereocenters. The van der Waals surface area contributed by atoms with E-state index < -0.39 is 0 Å². The Morgan fingerprint density at radius 2 is 2.09 bits per heavy atom. The lowest BCUT2D eigenvalue weighted by atomic mass is 9.95. The maximum Gasteiger partial charge on any atom is 0.269 e. The van der Waals surface area contributed by atoms with Crippen molar-refractivity contribution in [1.29, 1.82) is 0 Å². The van der Waals surface area contributed by atoms with Crippen LogP contribution in [0, 0.1) is 17.0 Å². The molecule has 1 heterocycles. The van der Waals surface area contributed by atoms with Gasteiger partial charge in [-0.2, -0.15) is 0 Å². The minimum absolute atomic E-state index is 0.114. The van der Waals surface area contributed by atoms with Crippen LogP contribution in [0.3, 0.4) is 0 Å². The van der Waals surface area contributed by atoms with E-state index in [2.05, 4.69) is 16.1 Å². The zero-order valence-corrected chi connectivity index (χ0v) is 13.4. The monoisotopic (exact) mass is 317 g/mol. The molecule has 1 aliphatic carbocycles. The third kappa shape index (κ3) is 3.11. The van der Waals surface area contributed by atoms with Gasteiger partial charge in [-0.25, -0.2) is 4.99 Å². The second kappa shape index (κ2) is 6.44. The number of nitro groups is 1. The Balaban J connectivity index is 1.96. The Bertz CT molecular complexity index is 742. The number of aromatic nitrogens is 1. The average Bonchev–Trinajstić information content (AvgIpc) is 2.98. The second-order valence-corrected chi connectivity index (χ2v) is 6.60. The van der Waals surface area contributed by atoms with E-state index in [1.165, 1.54) is 38.2 Å². The summed E-state index contributed by atoms with van der Waals surface area (Å²) in [6.07, 6.45) is 8.43. The SMILES string of the molecule is Cc1cc([N+](=O)[O-])ccc1N=c1sccn1C1CCCCC1. The number of nitro benzene ring substituents is 1. The quantitative estimate of drug-likeness (QED) is 0.618. The maximum atomic E-state index is 10.8. The molecule has 0 saturated heterocycles. The lowest BCUT2D eigenvalue weighted by molar-refractivity contribution is -0.384. The minimum atomic E-state index is -0.371. The van der Waals surface area contributed by atoms with E-state index in [9.17, 15) is 10.1 Å². The summed E-state index contributed by atoms with van der Waals surface area (Å²) in [7, 11) is 0. The molecule has 1 fully saturated rings. The van der Waals surface area contributed by atoms with Crippen LogP contribution in [-0.4, -0.2) is 9.49 Å². The zero-order chi connectivity index (χ0) is 15.5. The van der Waals surface area contributed by atoms with Crippen LogP contribution in [0.25, 0.3) is 0 Å². The summed E-state index contributed by atoms with van der Waals surface area (Å²) in [6, 6.07) is 5.37. The van der Waals surface area contributed by atoms with Gasteiger partial charge in [0, 0.05) is 29.8 Å². The summed E-state index contributed by atoms with van der Waals surface area (Å²) in [4.78, 5) is 16.2. The highest BCUT2D eigenvalue weighted by molar-refractivity contribution is 7.07. The maximum absolute atomic E-state index is 10.8. The molecule has 0 unspecified atom stereocenters. The first-order valence-electron chi connectivity index (χ1n) is 7.60. The molecule has 6 heteroatoms. The van der Waals surface area contributed by atoms with Crippen molar-refractivity contribution in [3.8, 4) is 0 Å². The van der Waals surface area contributed by atoms with Crippen molar-refractivity contribution < 1.29 is 4.92 Å². The first-order valence-corrected chi connectivity index (χ1v) is 8.48. The van der Waals surface area contributed by atoms with E-state index in [-0.39, 0.29) is 10.6 Å². The summed E-state index contributed by atoms with van der Waals surface area (Å²) in [5.41, 5.74) is 1.75. The molecular formula is C16H19N3O2S. The second-order valence-electron chi connectivity index (χ2n) is 5.72. The Morgan fingerprint density at radius 3 is 2.77 bits per heavy atom. The van der Waals surface area contributed by atoms with Gasteiger partial charge in [-0.3, -0.25) is 10.1 Å². The molecule has 1 saturated carbocycles. The first-order chi connectivity index (χ1) is 10.6. The van der Waals surface area contributed by atoms with E-state index in [4.69, 9.17) is 4.99 Å². The third-order valence-corrected chi connectivity index (χ3v) is 4.96. The van der Waals surface area contributed by atoms with Crippen molar-refractivity contribution >= 4 is 22.7 Å². The van der Waals surface area contributed by atoms with Crippen LogP contribution in [0.5, 0.6) is 0 Å². The molecule has 0 spiro atoms. The number of aryl methyl sites for hydroxylation is 1. The fourth-order valence-corrected chi connectivity index (χ4v) is 3.78. The predicted molar refractivity (Wildman–Crippen MR) is 87.5 cm³/mol. The summed E-state index contributed by atoms with van der Waals surface area (Å²) < 4.78 is 2.27. The summed E-state index contributed by atoms with van der Waals surface area (Å²) in [5, 5.41) is 12.9. The Hall–Kier alpha value is -1.95. The highest BCUT2D eigenvalue weighted by Gasteiger charge is 2.16. The normalized spacial score (nSPS) is 16.9. The molecule has 0 aliphatic heterocycles. The first kappa shape index (κ1) is 15.0. The summed E-state index contributed by atoms with van der Waals surface area (Å²) in [6.45, 7) is 1.87. The molecule has 0 amide bonds. The molecule has 1 aromatic carbocycles. The molecule has 5 nitrogen and oxygen atoms in total. The van der Waals surface area contributed by atoms with Crippen molar-refractivity contribution in [3.05, 3.63) is 50.3 Å². The summed E-state index contributed by atoms with van der Waals surface area (Å²) in [5.74, 6) is 0. The van der Waals surface area contributed by atoms with E-state index in [1.54, 1.807) is 23.5 Å². The highest BCUT2D eigenvalue weighted by Crippen LogP contribution is 2.28. The van der Waals surface area contributed by atoms with E-state index in [0.717, 1.165) is 16.1 Å². The van der Waals surface area contributed by atoms with Crippen molar-refractivity contribution in [2.24, 2.45) is 4.99 Å². The molecule has 0 radical (unpaired) electrons. The molecule has 0 bridgehead atoms. The van der Waals surface area contributed by atoms with Crippen molar-refractivity contribution in [2.45, 2.75) is 45.1 Å². The van der Waals surface area contributed by atoms with E-state index in [0.29, 0.717) is 6.04 Å². The van der Waals surface area contributed by atoms with Gasteiger partial charge in [-0.15, -0.1) is 11.3 Å². The van der Waals surface area contributed by atoms with Crippen LogP contribution < -0.4 is 4.80 Å². The molecule has 0 N–H and O–H groups in total. The fraction of sp³-hybridized carbons (Fsp3) is 0.438. The summed E-state index contributed by atoms with van der Waals surface area (Å²) >= 11 is 1.62. The molecule has 22 heavy (non-hydrogen) atoms. The van der Waals surface area contributed by atoms with E-state index in [1.807, 2.05) is 6.92 Å². The number of hydrogen-bond acceptors (Lipinski definition) is 4. The molecular weight excluding hydrogens is 298 g/mol.